The van der Waals surface area contributed by atoms with Crippen molar-refractivity contribution in [3.05, 3.63) is 124 Å². The molecule has 4 atom stereocenters. The normalized spacial score (nSPS) is 17.8. The van der Waals surface area contributed by atoms with Gasteiger partial charge in [-0.05, 0) is 34.6 Å². The lowest BCUT2D eigenvalue weighted by Crippen LogP contribution is -2.12. The van der Waals surface area contributed by atoms with Crippen molar-refractivity contribution >= 4 is 0 Å². The Morgan fingerprint density at radius 3 is 1.83 bits per heavy atom. The molecule has 0 aliphatic heterocycles. The zero-order valence-corrected chi connectivity index (χ0v) is 21.8. The SMILES string of the molecule is CC1C=CC(C(C)c2cc(C(C)c3ccccc3)c(OOCCF)c(C(C)c3ccccc3)c2)=CC1. The molecule has 0 N–H and O–H groups in total. The van der Waals surface area contributed by atoms with Crippen molar-refractivity contribution in [2.24, 2.45) is 5.92 Å². The van der Waals surface area contributed by atoms with E-state index < -0.39 is 6.67 Å². The number of hydrogen-bond donors (Lipinski definition) is 0. The number of allylic oxidation sites excluding steroid dienone is 4. The van der Waals surface area contributed by atoms with Gasteiger partial charge in [-0.15, -0.1) is 0 Å². The molecule has 0 saturated heterocycles. The van der Waals surface area contributed by atoms with Gasteiger partial charge in [0.1, 0.15) is 13.3 Å². The van der Waals surface area contributed by atoms with Crippen LogP contribution in [-0.2, 0) is 4.89 Å². The van der Waals surface area contributed by atoms with Crippen LogP contribution in [0.5, 0.6) is 5.75 Å². The first-order valence-electron chi connectivity index (χ1n) is 13.0. The molecule has 3 heteroatoms. The summed E-state index contributed by atoms with van der Waals surface area (Å²) >= 11 is 0. The van der Waals surface area contributed by atoms with Gasteiger partial charge in [0, 0.05) is 28.9 Å². The van der Waals surface area contributed by atoms with Gasteiger partial charge in [-0.25, -0.2) is 4.39 Å². The van der Waals surface area contributed by atoms with Crippen LogP contribution in [0.2, 0.25) is 0 Å². The Morgan fingerprint density at radius 2 is 1.36 bits per heavy atom. The fourth-order valence-corrected chi connectivity index (χ4v) is 4.92. The van der Waals surface area contributed by atoms with Crippen LogP contribution in [0.1, 0.15) is 79.7 Å². The van der Waals surface area contributed by atoms with Crippen molar-refractivity contribution in [2.45, 2.75) is 51.9 Å². The smallest absolute Gasteiger partial charge is 0.172 e. The Kier molecular flexibility index (Phi) is 8.77. The van der Waals surface area contributed by atoms with Crippen molar-refractivity contribution in [1.29, 1.82) is 0 Å². The zero-order valence-electron chi connectivity index (χ0n) is 21.8. The highest BCUT2D eigenvalue weighted by molar-refractivity contribution is 5.54. The van der Waals surface area contributed by atoms with Crippen LogP contribution in [0, 0.1) is 5.92 Å². The zero-order chi connectivity index (χ0) is 25.5. The quantitative estimate of drug-likeness (QED) is 0.162. The minimum Gasteiger partial charge on any atom is -0.337 e. The Labute approximate surface area is 215 Å². The summed E-state index contributed by atoms with van der Waals surface area (Å²) in [5.41, 5.74) is 7.08. The van der Waals surface area contributed by atoms with Crippen LogP contribution in [-0.4, -0.2) is 13.3 Å². The molecule has 1 aliphatic rings. The molecule has 4 rings (SSSR count). The van der Waals surface area contributed by atoms with E-state index >= 15 is 0 Å². The molecule has 0 aromatic heterocycles. The lowest BCUT2D eigenvalue weighted by molar-refractivity contribution is -0.209. The highest BCUT2D eigenvalue weighted by atomic mass is 19.1. The van der Waals surface area contributed by atoms with Crippen LogP contribution in [0.3, 0.4) is 0 Å². The van der Waals surface area contributed by atoms with Crippen molar-refractivity contribution in [2.75, 3.05) is 13.3 Å². The molecule has 1 aliphatic carbocycles. The highest BCUT2D eigenvalue weighted by Gasteiger charge is 2.26. The van der Waals surface area contributed by atoms with Gasteiger partial charge < -0.3 is 4.89 Å². The first kappa shape index (κ1) is 25.9. The van der Waals surface area contributed by atoms with Crippen LogP contribution < -0.4 is 4.89 Å². The monoisotopic (exact) mass is 484 g/mol. The lowest BCUT2D eigenvalue weighted by Gasteiger charge is -2.26. The Bertz CT molecular complexity index is 1120. The van der Waals surface area contributed by atoms with Crippen LogP contribution in [0.25, 0.3) is 0 Å². The summed E-state index contributed by atoms with van der Waals surface area (Å²) in [6.45, 7) is 8.21. The topological polar surface area (TPSA) is 18.5 Å². The van der Waals surface area contributed by atoms with Gasteiger partial charge in [-0.1, -0.05) is 119 Å². The lowest BCUT2D eigenvalue weighted by atomic mass is 9.80. The number of halogens is 1. The van der Waals surface area contributed by atoms with Crippen molar-refractivity contribution in [1.82, 2.24) is 0 Å². The van der Waals surface area contributed by atoms with Crippen LogP contribution >= 0.6 is 0 Å². The van der Waals surface area contributed by atoms with Gasteiger partial charge in [0.05, 0.1) is 0 Å². The van der Waals surface area contributed by atoms with Gasteiger partial charge in [0.15, 0.2) is 5.75 Å². The van der Waals surface area contributed by atoms with Gasteiger partial charge in [0.25, 0.3) is 0 Å². The highest BCUT2D eigenvalue weighted by Crippen LogP contribution is 2.43. The predicted octanol–water partition coefficient (Wildman–Crippen LogP) is 8.90. The summed E-state index contributed by atoms with van der Waals surface area (Å²) < 4.78 is 12.9. The molecule has 3 aromatic rings. The standard InChI is InChI=1S/C33H37FO2/c1-23-15-17-29(18-16-23)24(2)30-21-31(25(3)27-11-7-5-8-12-27)33(36-35-20-19-34)32(22-30)26(4)28-13-9-6-10-14-28/h5-15,17-18,21-26H,16,19-20H2,1-4H3. The first-order chi connectivity index (χ1) is 17.5. The van der Waals surface area contributed by atoms with Crippen molar-refractivity contribution in [3.63, 3.8) is 0 Å². The maximum atomic E-state index is 12.9. The van der Waals surface area contributed by atoms with Crippen molar-refractivity contribution < 1.29 is 14.2 Å². The largest absolute Gasteiger partial charge is 0.337 e. The summed E-state index contributed by atoms with van der Waals surface area (Å²) in [5.74, 6) is 1.64. The first-order valence-corrected chi connectivity index (χ1v) is 13.0. The molecule has 0 saturated carbocycles. The number of alkyl halides is 1. The van der Waals surface area contributed by atoms with E-state index in [1.807, 2.05) is 12.1 Å². The van der Waals surface area contributed by atoms with Gasteiger partial charge in [-0.2, -0.15) is 4.89 Å². The molecular weight excluding hydrogens is 447 g/mol. The molecule has 0 radical (unpaired) electrons. The third-order valence-electron chi connectivity index (χ3n) is 7.35. The third kappa shape index (κ3) is 5.96. The van der Waals surface area contributed by atoms with Gasteiger partial charge in [-0.3, -0.25) is 0 Å². The Balaban J connectivity index is 1.87. The number of hydrogen-bond acceptors (Lipinski definition) is 2. The predicted molar refractivity (Wildman–Crippen MR) is 146 cm³/mol. The summed E-state index contributed by atoms with van der Waals surface area (Å²) in [6.07, 6.45) is 8.00. The second kappa shape index (κ2) is 12.2. The molecule has 0 fully saturated rings. The van der Waals surface area contributed by atoms with E-state index in [0.717, 1.165) is 17.5 Å². The van der Waals surface area contributed by atoms with E-state index in [4.69, 9.17) is 9.78 Å². The van der Waals surface area contributed by atoms with Crippen LogP contribution in [0.15, 0.2) is 96.6 Å². The average molecular weight is 485 g/mol. The fourth-order valence-electron chi connectivity index (χ4n) is 4.92. The molecule has 188 valence electrons. The van der Waals surface area contributed by atoms with E-state index in [-0.39, 0.29) is 24.4 Å². The Hall–Kier alpha value is -3.17. The minimum absolute atomic E-state index is 0.0694. The minimum atomic E-state index is -0.596. The molecule has 0 spiro atoms. The van der Waals surface area contributed by atoms with E-state index in [9.17, 15) is 4.39 Å². The molecule has 0 bridgehead atoms. The molecule has 3 aromatic carbocycles. The fraction of sp³-hybridized carbons (Fsp3) is 0.333. The van der Waals surface area contributed by atoms with Crippen molar-refractivity contribution in [3.8, 4) is 5.75 Å². The summed E-state index contributed by atoms with van der Waals surface area (Å²) in [6, 6.07) is 25.4. The number of rotatable bonds is 10. The van der Waals surface area contributed by atoms with Gasteiger partial charge >= 0.3 is 0 Å². The van der Waals surface area contributed by atoms with Crippen LogP contribution in [0.4, 0.5) is 4.39 Å². The van der Waals surface area contributed by atoms with E-state index in [0.29, 0.717) is 11.7 Å². The summed E-state index contributed by atoms with van der Waals surface area (Å²) in [4.78, 5) is 11.3. The molecule has 2 nitrogen and oxygen atoms in total. The third-order valence-corrected chi connectivity index (χ3v) is 7.35. The molecular formula is C33H37FO2. The average Bonchev–Trinajstić information content (AvgIpc) is 2.93. The molecule has 0 heterocycles. The Morgan fingerprint density at radius 1 is 0.806 bits per heavy atom. The van der Waals surface area contributed by atoms with E-state index in [1.165, 1.54) is 22.3 Å². The maximum Gasteiger partial charge on any atom is 0.172 e. The molecule has 0 amide bonds. The second-order valence-electron chi connectivity index (χ2n) is 9.89. The number of benzene rings is 3. The van der Waals surface area contributed by atoms with E-state index in [1.54, 1.807) is 0 Å². The maximum absolute atomic E-state index is 12.9. The van der Waals surface area contributed by atoms with E-state index in [2.05, 4.69) is 107 Å². The molecule has 4 unspecified atom stereocenters. The second-order valence-corrected chi connectivity index (χ2v) is 9.89. The summed E-state index contributed by atoms with van der Waals surface area (Å²) in [5, 5.41) is 0. The summed E-state index contributed by atoms with van der Waals surface area (Å²) in [7, 11) is 0. The molecule has 36 heavy (non-hydrogen) atoms. The van der Waals surface area contributed by atoms with Gasteiger partial charge in [0.2, 0.25) is 0 Å².